The van der Waals surface area contributed by atoms with E-state index >= 15 is 8.78 Å². The van der Waals surface area contributed by atoms with Gasteiger partial charge in [-0.05, 0) is 74.2 Å². The Hall–Kier alpha value is -6.52. The molecular formula is C58H54F2N10Na2O18S6. The summed E-state index contributed by atoms with van der Waals surface area (Å²) in [5, 5.41) is 21.1. The Labute approximate surface area is 608 Å². The van der Waals surface area contributed by atoms with Crippen molar-refractivity contribution in [2.75, 3.05) is 75.4 Å². The minimum atomic E-state index is -5.20. The van der Waals surface area contributed by atoms with E-state index in [1.54, 1.807) is 102 Å². The first-order chi connectivity index (χ1) is 44.7. The number of aromatic carboxylic acids is 2. The van der Waals surface area contributed by atoms with Gasteiger partial charge in [-0.2, -0.15) is 0 Å². The van der Waals surface area contributed by atoms with Crippen molar-refractivity contribution in [1.82, 2.24) is 38.2 Å². The molecule has 0 bridgehead atoms. The molecule has 0 spiro atoms. The predicted octanol–water partition coefficient (Wildman–Crippen LogP) is -2.98. The Morgan fingerprint density at radius 1 is 0.552 bits per heavy atom. The maximum atomic E-state index is 15.4. The first-order valence-electron chi connectivity index (χ1n) is 28.8. The van der Waals surface area contributed by atoms with Crippen LogP contribution >= 0.6 is 48.0 Å². The van der Waals surface area contributed by atoms with Crippen molar-refractivity contribution in [1.29, 1.82) is 0 Å². The number of nitrogens with zero attached hydrogens (tertiary/aromatic N) is 8. The van der Waals surface area contributed by atoms with Gasteiger partial charge in [0.1, 0.15) is 65.7 Å². The second-order valence-corrected chi connectivity index (χ2v) is 28.2. The molecule has 4 saturated heterocycles. The molecule has 496 valence electrons. The number of hydrogen-bond donors (Lipinski definition) is 4. The van der Waals surface area contributed by atoms with Crippen LogP contribution < -0.4 is 99.9 Å². The zero-order chi connectivity index (χ0) is 67.2. The molecule has 6 aliphatic rings. The zero-order valence-electron chi connectivity index (χ0n) is 50.8. The summed E-state index contributed by atoms with van der Waals surface area (Å²) in [5.74, 6) is -6.92. The third kappa shape index (κ3) is 16.1. The normalized spacial score (nSPS) is 19.4. The number of thioether (sulfide) groups is 2. The van der Waals surface area contributed by atoms with Gasteiger partial charge in [0, 0.05) is 87.6 Å². The number of aromatic nitrogens is 2. The molecule has 4 amide bonds. The molecule has 4 atom stereocenters. The van der Waals surface area contributed by atoms with Crippen molar-refractivity contribution in [2.24, 2.45) is 0 Å². The molecule has 6 heterocycles. The summed E-state index contributed by atoms with van der Waals surface area (Å²) in [5.41, 5.74) is -1.05. The van der Waals surface area contributed by atoms with Crippen LogP contribution in [0.3, 0.4) is 0 Å². The van der Waals surface area contributed by atoms with Crippen molar-refractivity contribution in [2.45, 2.75) is 60.6 Å². The summed E-state index contributed by atoms with van der Waals surface area (Å²) in [4.78, 5) is 106. The Balaban J connectivity index is 0.000000221. The number of para-hydroxylation sites is 2. The molecule has 2 saturated carbocycles. The summed E-state index contributed by atoms with van der Waals surface area (Å²) < 4.78 is 117. The van der Waals surface area contributed by atoms with Crippen molar-refractivity contribution >= 4 is 146 Å². The number of pyridine rings is 2. The second kappa shape index (κ2) is 30.3. The van der Waals surface area contributed by atoms with E-state index in [0.717, 1.165) is 61.3 Å². The van der Waals surface area contributed by atoms with Crippen LogP contribution in [0.4, 0.5) is 20.2 Å². The maximum Gasteiger partial charge on any atom is 1.00 e. The van der Waals surface area contributed by atoms with E-state index in [1.165, 1.54) is 12.4 Å². The van der Waals surface area contributed by atoms with Gasteiger partial charge >= 0.3 is 71.1 Å². The molecule has 6 aromatic rings. The molecule has 4 aromatic carbocycles. The summed E-state index contributed by atoms with van der Waals surface area (Å²) >= 11 is 12.6. The number of carboxylic acid groups (broad SMARTS) is 2. The molecule has 38 heteroatoms. The molecule has 2 unspecified atom stereocenters. The Morgan fingerprint density at radius 2 is 0.885 bits per heavy atom. The quantitative estimate of drug-likeness (QED) is 0.0289. The summed E-state index contributed by atoms with van der Waals surface area (Å²) in [6.45, 7) is 1.25. The average molecular weight is 1460 g/mol. The van der Waals surface area contributed by atoms with Crippen LogP contribution in [0.25, 0.3) is 21.8 Å². The topological polar surface area (TPSA) is 363 Å². The second-order valence-electron chi connectivity index (χ2n) is 22.2. The molecule has 2 aromatic heterocycles. The van der Waals surface area contributed by atoms with Gasteiger partial charge in [0.05, 0.1) is 22.4 Å². The number of β-lactam (4-membered cyclic amide) rings is 2. The fourth-order valence-corrected chi connectivity index (χ4v) is 16.4. The summed E-state index contributed by atoms with van der Waals surface area (Å²) in [6.07, 6.45) is 5.84. The monoisotopic (exact) mass is 1450 g/mol. The van der Waals surface area contributed by atoms with Gasteiger partial charge < -0.3 is 68.2 Å². The molecular weight excluding hydrogens is 1400 g/mol. The van der Waals surface area contributed by atoms with Crippen molar-refractivity contribution in [3.63, 3.8) is 0 Å². The van der Waals surface area contributed by atoms with E-state index in [0.29, 0.717) is 22.5 Å². The first-order valence-corrected chi connectivity index (χ1v) is 34.1. The third-order valence-electron chi connectivity index (χ3n) is 16.1. The zero-order valence-corrected chi connectivity index (χ0v) is 59.7. The molecule has 96 heavy (non-hydrogen) atoms. The Kier molecular flexibility index (Phi) is 23.3. The minimum Gasteiger partial charge on any atom is -0.731 e. The molecule has 0 radical (unpaired) electrons. The van der Waals surface area contributed by atoms with Crippen LogP contribution in [0.2, 0.25) is 0 Å². The Morgan fingerprint density at radius 3 is 1.19 bits per heavy atom. The standard InChI is InChI=1S/2C29H28FN5O9S3.2Na/c2*30-20-12-18-21(34(16-6-7-16)14-19(25(18)37)28(39)40)13-22(20)32-8-10-33(11-9-32)29(45)46-27-24(26(38)35(27)47(41,42)43)31-23(36)15-44-17-4-2-1-3-5-17;;/h2*1-5,12-14,16,24,27H,6-11,15H2,(H,31,36)(H,39,40)(H,41,42,43);;/q;;2*+1/p-2/t2*24-,27?;;/m00../s1. The number of carbonyl (C=O) groups is 6. The molecule has 2 aliphatic carbocycles. The molecule has 12 rings (SSSR count). The van der Waals surface area contributed by atoms with Crippen LogP contribution in [-0.4, -0.2) is 196 Å². The number of carboxylic acids is 2. The number of rotatable bonds is 18. The number of amides is 4. The predicted molar refractivity (Wildman–Crippen MR) is 343 cm³/mol. The van der Waals surface area contributed by atoms with Gasteiger partial charge in [-0.15, -0.1) is 0 Å². The van der Waals surface area contributed by atoms with Crippen LogP contribution in [0.1, 0.15) is 58.5 Å². The maximum absolute atomic E-state index is 15.4. The van der Waals surface area contributed by atoms with E-state index < -0.39 is 126 Å². The van der Waals surface area contributed by atoms with Crippen LogP contribution in [0.5, 0.6) is 11.5 Å². The number of fused-ring (bicyclic) bond motifs is 2. The largest absolute Gasteiger partial charge is 1.00 e. The fraction of sp³-hybridized carbons (Fsp3) is 0.345. The fourth-order valence-electron chi connectivity index (χ4n) is 11.0. The van der Waals surface area contributed by atoms with E-state index in [9.17, 15) is 74.5 Å². The number of carbonyl (C=O) groups excluding carboxylic acids is 4. The third-order valence-corrected chi connectivity index (χ3v) is 21.6. The molecule has 6 fully saturated rings. The number of piperazine rings is 2. The number of hydrogen-bond acceptors (Lipinski definition) is 22. The van der Waals surface area contributed by atoms with E-state index in [2.05, 4.69) is 10.6 Å². The average Bonchev–Trinajstić information content (AvgIpc) is 1.01. The van der Waals surface area contributed by atoms with Gasteiger partial charge in [0.25, 0.3) is 23.6 Å². The van der Waals surface area contributed by atoms with Gasteiger partial charge in [-0.25, -0.2) is 43.8 Å². The van der Waals surface area contributed by atoms with Gasteiger partial charge in [0.2, 0.25) is 10.9 Å². The van der Waals surface area contributed by atoms with Crippen molar-refractivity contribution in [3.05, 3.63) is 141 Å². The van der Waals surface area contributed by atoms with Crippen LogP contribution in [0.15, 0.2) is 107 Å². The molecule has 28 nitrogen and oxygen atoms in total. The molecule has 4 aliphatic heterocycles. The number of thiocarbonyl (C=S) groups is 2. The van der Waals surface area contributed by atoms with Crippen LogP contribution in [0, 0.1) is 11.6 Å². The first kappa shape index (κ1) is 73.7. The Bertz CT molecular complexity index is 4190. The van der Waals surface area contributed by atoms with E-state index in [4.69, 9.17) is 33.9 Å². The van der Waals surface area contributed by atoms with Gasteiger partial charge in [0.15, 0.2) is 33.8 Å². The van der Waals surface area contributed by atoms with E-state index in [-0.39, 0.29) is 163 Å². The number of ether oxygens (including phenoxy) is 2. The SMILES string of the molecule is O=C(COc1ccccc1)N[C@H]1C(=O)N(S(=O)(=O)[O-])C1SC(=S)N1CCN(c2cc3c(cc2F)c(=O)c(C(=O)O)cn3C2CC2)CC1.O=C(COc1ccccc1)N[C@H]1C(=O)N(S(=O)(=O)[O-])C1SC(=S)N1CCN(c2cc3c(cc2F)c(=O)c(C(=O)O)cn3C2CC2)CC1.[Na+].[Na+]. The van der Waals surface area contributed by atoms with Crippen molar-refractivity contribution < 1.29 is 142 Å². The summed E-state index contributed by atoms with van der Waals surface area (Å²) in [7, 11) is -10.4. The molecule has 4 N–H and O–H groups in total. The summed E-state index contributed by atoms with van der Waals surface area (Å²) in [6, 6.07) is 19.4. The van der Waals surface area contributed by atoms with Crippen molar-refractivity contribution in [3.8, 4) is 11.5 Å². The number of anilines is 2. The number of nitrogens with one attached hydrogen (secondary N) is 2. The minimum absolute atomic E-state index is 0. The van der Waals surface area contributed by atoms with Gasteiger partial charge in [-0.1, -0.05) is 84.4 Å². The smallest absolute Gasteiger partial charge is 0.731 e. The number of benzene rings is 4. The van der Waals surface area contributed by atoms with E-state index in [1.807, 2.05) is 0 Å². The number of halogens is 2. The van der Waals surface area contributed by atoms with Crippen LogP contribution in [-0.2, 0) is 39.8 Å². The van der Waals surface area contributed by atoms with Gasteiger partial charge in [-0.3, -0.25) is 28.8 Å².